The zero-order valence-corrected chi connectivity index (χ0v) is 13.8. The normalized spacial score (nSPS) is 12.8. The lowest BCUT2D eigenvalue weighted by atomic mass is 10.1. The lowest BCUT2D eigenvalue weighted by Crippen LogP contribution is -2.32. The number of likely N-dealkylation sites (N-methyl/N-ethyl adjacent to an activating group) is 1. The number of hydrogen-bond donors (Lipinski definition) is 1. The molecule has 5 heteroatoms. The van der Waals surface area contributed by atoms with Crippen molar-refractivity contribution in [1.82, 2.24) is 4.90 Å². The van der Waals surface area contributed by atoms with Crippen molar-refractivity contribution in [3.05, 3.63) is 23.8 Å². The van der Waals surface area contributed by atoms with Crippen LogP contribution in [0.5, 0.6) is 11.5 Å². The Morgan fingerprint density at radius 2 is 1.90 bits per heavy atom. The number of nitrogens with zero attached hydrogens (tertiary/aromatic N) is 1. The van der Waals surface area contributed by atoms with Crippen molar-refractivity contribution >= 4 is 0 Å². The van der Waals surface area contributed by atoms with E-state index in [-0.39, 0.29) is 12.1 Å². The maximum Gasteiger partial charge on any atom is 0.127 e. The van der Waals surface area contributed by atoms with Crippen LogP contribution in [0.15, 0.2) is 18.2 Å². The number of hydrogen-bond acceptors (Lipinski definition) is 5. The molecule has 0 heterocycles. The summed E-state index contributed by atoms with van der Waals surface area (Å²) < 4.78 is 16.2. The Labute approximate surface area is 128 Å². The van der Waals surface area contributed by atoms with Gasteiger partial charge in [-0.2, -0.15) is 0 Å². The summed E-state index contributed by atoms with van der Waals surface area (Å²) in [6.07, 6.45) is 0.258. The summed E-state index contributed by atoms with van der Waals surface area (Å²) in [5.41, 5.74) is 7.27. The molecule has 2 N–H and O–H groups in total. The summed E-state index contributed by atoms with van der Waals surface area (Å²) in [6, 6.07) is 5.60. The molecular formula is C16H28N2O3. The SMILES string of the molecule is COc1ccc(C(N)CN(C)CCOC(C)C)c(OC)c1. The summed E-state index contributed by atoms with van der Waals surface area (Å²) in [7, 11) is 5.32. The molecule has 21 heavy (non-hydrogen) atoms. The van der Waals surface area contributed by atoms with Gasteiger partial charge < -0.3 is 24.8 Å². The van der Waals surface area contributed by atoms with E-state index in [0.717, 1.165) is 30.2 Å². The molecule has 0 spiro atoms. The molecule has 1 atom stereocenters. The molecule has 0 aliphatic rings. The third-order valence-corrected chi connectivity index (χ3v) is 3.27. The predicted molar refractivity (Wildman–Crippen MR) is 85.1 cm³/mol. The number of methoxy groups -OCH3 is 2. The largest absolute Gasteiger partial charge is 0.497 e. The first-order valence-corrected chi connectivity index (χ1v) is 7.25. The standard InChI is InChI=1S/C16H28N2O3/c1-12(2)21-9-8-18(3)11-15(17)14-7-6-13(19-4)10-16(14)20-5/h6-7,10,12,15H,8-9,11,17H2,1-5H3. The fourth-order valence-electron chi connectivity index (χ4n) is 2.09. The Bertz CT molecular complexity index is 424. The zero-order valence-electron chi connectivity index (χ0n) is 13.8. The topological polar surface area (TPSA) is 57.0 Å². The van der Waals surface area contributed by atoms with Crippen molar-refractivity contribution in [2.24, 2.45) is 5.73 Å². The van der Waals surface area contributed by atoms with Crippen molar-refractivity contribution in [3.63, 3.8) is 0 Å². The molecule has 1 rings (SSSR count). The Kier molecular flexibility index (Phi) is 7.50. The molecule has 120 valence electrons. The Morgan fingerprint density at radius 1 is 1.19 bits per heavy atom. The summed E-state index contributed by atoms with van der Waals surface area (Å²) >= 11 is 0. The molecule has 1 aromatic rings. The minimum Gasteiger partial charge on any atom is -0.497 e. The molecule has 0 fully saturated rings. The number of ether oxygens (including phenoxy) is 3. The van der Waals surface area contributed by atoms with Crippen molar-refractivity contribution in [3.8, 4) is 11.5 Å². The van der Waals surface area contributed by atoms with Gasteiger partial charge in [-0.25, -0.2) is 0 Å². The van der Waals surface area contributed by atoms with Gasteiger partial charge in [0.15, 0.2) is 0 Å². The van der Waals surface area contributed by atoms with Gasteiger partial charge in [0.25, 0.3) is 0 Å². The van der Waals surface area contributed by atoms with E-state index in [1.54, 1.807) is 14.2 Å². The van der Waals surface area contributed by atoms with Gasteiger partial charge in [-0.1, -0.05) is 6.07 Å². The van der Waals surface area contributed by atoms with E-state index in [0.29, 0.717) is 6.61 Å². The number of benzene rings is 1. The first-order chi connectivity index (χ1) is 9.97. The summed E-state index contributed by atoms with van der Waals surface area (Å²) in [4.78, 5) is 2.16. The molecule has 0 amide bonds. The van der Waals surface area contributed by atoms with Crippen molar-refractivity contribution in [2.45, 2.75) is 26.0 Å². The van der Waals surface area contributed by atoms with Gasteiger partial charge in [0.1, 0.15) is 11.5 Å². The van der Waals surface area contributed by atoms with Crippen molar-refractivity contribution in [2.75, 3.05) is 41.0 Å². The average Bonchev–Trinajstić information content (AvgIpc) is 2.45. The van der Waals surface area contributed by atoms with Crippen LogP contribution in [-0.4, -0.2) is 52.0 Å². The first kappa shape index (κ1) is 17.8. The smallest absolute Gasteiger partial charge is 0.127 e. The molecule has 0 radical (unpaired) electrons. The van der Waals surface area contributed by atoms with Crippen LogP contribution < -0.4 is 15.2 Å². The van der Waals surface area contributed by atoms with Crippen LogP contribution >= 0.6 is 0 Å². The van der Waals surface area contributed by atoms with E-state index in [4.69, 9.17) is 19.9 Å². The van der Waals surface area contributed by atoms with Crippen LogP contribution in [0, 0.1) is 0 Å². The second-order valence-electron chi connectivity index (χ2n) is 5.40. The number of rotatable bonds is 9. The minimum absolute atomic E-state index is 0.116. The van der Waals surface area contributed by atoms with E-state index in [9.17, 15) is 0 Å². The van der Waals surface area contributed by atoms with E-state index in [2.05, 4.69) is 4.90 Å². The van der Waals surface area contributed by atoms with Gasteiger partial charge in [0.2, 0.25) is 0 Å². The number of nitrogens with two attached hydrogens (primary N) is 1. The maximum atomic E-state index is 6.29. The predicted octanol–water partition coefficient (Wildman–Crippen LogP) is 2.06. The van der Waals surface area contributed by atoms with Crippen molar-refractivity contribution < 1.29 is 14.2 Å². The van der Waals surface area contributed by atoms with Crippen LogP contribution in [0.3, 0.4) is 0 Å². The van der Waals surface area contributed by atoms with Crippen LogP contribution in [0.1, 0.15) is 25.5 Å². The second kappa shape index (κ2) is 8.87. The zero-order chi connectivity index (χ0) is 15.8. The molecule has 0 aromatic heterocycles. The van der Waals surface area contributed by atoms with Crippen molar-refractivity contribution in [1.29, 1.82) is 0 Å². The highest BCUT2D eigenvalue weighted by atomic mass is 16.5. The fourth-order valence-corrected chi connectivity index (χ4v) is 2.09. The van der Waals surface area contributed by atoms with E-state index in [1.165, 1.54) is 0 Å². The van der Waals surface area contributed by atoms with Crippen LogP contribution in [0.4, 0.5) is 0 Å². The fraction of sp³-hybridized carbons (Fsp3) is 0.625. The van der Waals surface area contributed by atoms with Crippen LogP contribution in [-0.2, 0) is 4.74 Å². The monoisotopic (exact) mass is 296 g/mol. The lowest BCUT2D eigenvalue weighted by Gasteiger charge is -2.23. The van der Waals surface area contributed by atoms with Gasteiger partial charge in [-0.05, 0) is 27.0 Å². The Balaban J connectivity index is 2.60. The highest BCUT2D eigenvalue weighted by molar-refractivity contribution is 5.42. The molecular weight excluding hydrogens is 268 g/mol. The summed E-state index contributed by atoms with van der Waals surface area (Å²) in [5.74, 6) is 1.52. The summed E-state index contributed by atoms with van der Waals surface area (Å²) in [6.45, 7) is 6.37. The van der Waals surface area contributed by atoms with Crippen LogP contribution in [0.25, 0.3) is 0 Å². The molecule has 0 saturated carbocycles. The highest BCUT2D eigenvalue weighted by Gasteiger charge is 2.15. The second-order valence-corrected chi connectivity index (χ2v) is 5.40. The van der Waals surface area contributed by atoms with Crippen LogP contribution in [0.2, 0.25) is 0 Å². The van der Waals surface area contributed by atoms with Gasteiger partial charge in [-0.15, -0.1) is 0 Å². The molecule has 0 saturated heterocycles. The maximum absolute atomic E-state index is 6.29. The first-order valence-electron chi connectivity index (χ1n) is 7.25. The third-order valence-electron chi connectivity index (χ3n) is 3.27. The molecule has 1 aromatic carbocycles. The van der Waals surface area contributed by atoms with Gasteiger partial charge >= 0.3 is 0 Å². The molecule has 0 aliphatic carbocycles. The van der Waals surface area contributed by atoms with E-state index >= 15 is 0 Å². The van der Waals surface area contributed by atoms with E-state index in [1.807, 2.05) is 39.1 Å². The Morgan fingerprint density at radius 3 is 2.48 bits per heavy atom. The minimum atomic E-state index is -0.116. The van der Waals surface area contributed by atoms with Gasteiger partial charge in [-0.3, -0.25) is 0 Å². The average molecular weight is 296 g/mol. The summed E-state index contributed by atoms with van der Waals surface area (Å²) in [5, 5.41) is 0. The Hall–Kier alpha value is -1.30. The quantitative estimate of drug-likeness (QED) is 0.756. The molecule has 5 nitrogen and oxygen atoms in total. The van der Waals surface area contributed by atoms with Gasteiger partial charge in [0.05, 0.1) is 26.9 Å². The molecule has 1 unspecified atom stereocenters. The third kappa shape index (κ3) is 5.91. The van der Waals surface area contributed by atoms with Gasteiger partial charge in [0, 0.05) is 30.8 Å². The molecule has 0 aliphatic heterocycles. The van der Waals surface area contributed by atoms with E-state index < -0.39 is 0 Å². The molecule has 0 bridgehead atoms. The lowest BCUT2D eigenvalue weighted by molar-refractivity contribution is 0.0629. The highest BCUT2D eigenvalue weighted by Crippen LogP contribution is 2.28.